The lowest BCUT2D eigenvalue weighted by molar-refractivity contribution is -0.123. The van der Waals surface area contributed by atoms with Crippen molar-refractivity contribution in [3.8, 4) is 17.2 Å². The lowest BCUT2D eigenvalue weighted by Crippen LogP contribution is -2.24. The van der Waals surface area contributed by atoms with E-state index >= 15 is 0 Å². The van der Waals surface area contributed by atoms with Gasteiger partial charge in [-0.2, -0.15) is 5.10 Å². The van der Waals surface area contributed by atoms with Gasteiger partial charge in [-0.25, -0.2) is 5.43 Å². The molecule has 0 radical (unpaired) electrons. The molecule has 7 heteroatoms. The van der Waals surface area contributed by atoms with Crippen molar-refractivity contribution in [1.29, 1.82) is 0 Å². The Morgan fingerprint density at radius 1 is 1.15 bits per heavy atom. The van der Waals surface area contributed by atoms with Crippen LogP contribution in [0.25, 0.3) is 0 Å². The highest BCUT2D eigenvalue weighted by molar-refractivity contribution is 9.10. The molecule has 0 saturated carbocycles. The van der Waals surface area contributed by atoms with Gasteiger partial charge in [-0.15, -0.1) is 0 Å². The lowest BCUT2D eigenvalue weighted by Gasteiger charge is -2.10. The van der Waals surface area contributed by atoms with E-state index in [-0.39, 0.29) is 12.5 Å². The normalized spacial score (nSPS) is 10.6. The summed E-state index contributed by atoms with van der Waals surface area (Å²) in [6.45, 7) is 2.54. The van der Waals surface area contributed by atoms with Gasteiger partial charge in [0, 0.05) is 4.47 Å². The third kappa shape index (κ3) is 6.40. The number of halogens is 1. The number of carbonyl (C=O) groups is 1. The van der Waals surface area contributed by atoms with Gasteiger partial charge >= 0.3 is 0 Å². The maximum Gasteiger partial charge on any atom is 0.277 e. The number of carbonyl (C=O) groups excluding carboxylic acids is 1. The van der Waals surface area contributed by atoms with E-state index in [9.17, 15) is 4.79 Å². The number of nitrogens with one attached hydrogen (secondary N) is 1. The summed E-state index contributed by atoms with van der Waals surface area (Å²) in [6.07, 6.45) is 2.45. The Balaban J connectivity index is 1.84. The molecule has 0 atom stereocenters. The fourth-order valence-corrected chi connectivity index (χ4v) is 2.25. The summed E-state index contributed by atoms with van der Waals surface area (Å²) in [5.74, 6) is 1.56. The fraction of sp³-hybridized carbons (Fsp3) is 0.263. The SMILES string of the molecule is CCCOc1ccc(/C=N/NC(=O)COc2ccc(Br)cc2)cc1OC. The number of nitrogens with zero attached hydrogens (tertiary/aromatic N) is 1. The standard InChI is InChI=1S/C19H21BrN2O4/c1-3-10-25-17-9-4-14(11-18(17)24-2)12-21-22-19(23)13-26-16-7-5-15(20)6-8-16/h4-9,11-12H,3,10,13H2,1-2H3,(H,22,23)/b21-12+. The molecule has 0 spiro atoms. The summed E-state index contributed by atoms with van der Waals surface area (Å²) in [5, 5.41) is 3.93. The number of ether oxygens (including phenoxy) is 3. The molecule has 26 heavy (non-hydrogen) atoms. The predicted octanol–water partition coefficient (Wildman–Crippen LogP) is 3.78. The molecule has 2 aromatic rings. The highest BCUT2D eigenvalue weighted by Gasteiger charge is 2.05. The Morgan fingerprint density at radius 3 is 2.62 bits per heavy atom. The van der Waals surface area contributed by atoms with Crippen molar-refractivity contribution in [2.75, 3.05) is 20.3 Å². The minimum atomic E-state index is -0.348. The Hall–Kier alpha value is -2.54. The smallest absolute Gasteiger partial charge is 0.277 e. The van der Waals surface area contributed by atoms with Crippen LogP contribution in [0, 0.1) is 0 Å². The lowest BCUT2D eigenvalue weighted by atomic mass is 10.2. The molecule has 0 aliphatic heterocycles. The zero-order valence-electron chi connectivity index (χ0n) is 14.7. The first-order valence-electron chi connectivity index (χ1n) is 8.13. The Bertz CT molecular complexity index is 748. The zero-order chi connectivity index (χ0) is 18.8. The summed E-state index contributed by atoms with van der Waals surface area (Å²) >= 11 is 3.34. The van der Waals surface area contributed by atoms with Gasteiger partial charge < -0.3 is 14.2 Å². The van der Waals surface area contributed by atoms with E-state index < -0.39 is 0 Å². The van der Waals surface area contributed by atoms with Gasteiger partial charge in [0.25, 0.3) is 5.91 Å². The van der Waals surface area contributed by atoms with E-state index in [1.54, 1.807) is 25.3 Å². The number of amides is 1. The molecular formula is C19H21BrN2O4. The molecule has 0 bridgehead atoms. The number of rotatable bonds is 9. The van der Waals surface area contributed by atoms with Crippen molar-refractivity contribution in [1.82, 2.24) is 5.43 Å². The van der Waals surface area contributed by atoms with E-state index in [4.69, 9.17) is 14.2 Å². The molecule has 0 aromatic heterocycles. The van der Waals surface area contributed by atoms with Crippen molar-refractivity contribution >= 4 is 28.1 Å². The highest BCUT2D eigenvalue weighted by atomic mass is 79.9. The Kier molecular flexibility index (Phi) is 7.95. The van der Waals surface area contributed by atoms with Crippen LogP contribution >= 0.6 is 15.9 Å². The number of benzene rings is 2. The summed E-state index contributed by atoms with van der Waals surface area (Å²) in [7, 11) is 1.58. The molecule has 1 N–H and O–H groups in total. The third-order valence-electron chi connectivity index (χ3n) is 3.24. The van der Waals surface area contributed by atoms with E-state index in [1.165, 1.54) is 6.21 Å². The Morgan fingerprint density at radius 2 is 1.92 bits per heavy atom. The number of hydrogen-bond donors (Lipinski definition) is 1. The average Bonchev–Trinajstić information content (AvgIpc) is 2.66. The largest absolute Gasteiger partial charge is 0.493 e. The van der Waals surface area contributed by atoms with E-state index in [0.717, 1.165) is 16.5 Å². The predicted molar refractivity (Wildman–Crippen MR) is 104 cm³/mol. The number of hydrogen-bond acceptors (Lipinski definition) is 5. The summed E-state index contributed by atoms with van der Waals surface area (Å²) in [5.41, 5.74) is 3.20. The van der Waals surface area contributed by atoms with Crippen molar-refractivity contribution in [3.63, 3.8) is 0 Å². The van der Waals surface area contributed by atoms with Crippen LogP contribution in [0.4, 0.5) is 0 Å². The minimum absolute atomic E-state index is 0.119. The van der Waals surface area contributed by atoms with Gasteiger partial charge in [0.2, 0.25) is 0 Å². The molecular weight excluding hydrogens is 400 g/mol. The second-order valence-electron chi connectivity index (χ2n) is 5.29. The zero-order valence-corrected chi connectivity index (χ0v) is 16.3. The van der Waals surface area contributed by atoms with Crippen molar-refractivity contribution in [2.45, 2.75) is 13.3 Å². The van der Waals surface area contributed by atoms with Crippen LogP contribution < -0.4 is 19.6 Å². The second-order valence-corrected chi connectivity index (χ2v) is 6.21. The van der Waals surface area contributed by atoms with Crippen molar-refractivity contribution < 1.29 is 19.0 Å². The van der Waals surface area contributed by atoms with Crippen LogP contribution in [0.5, 0.6) is 17.2 Å². The third-order valence-corrected chi connectivity index (χ3v) is 3.76. The van der Waals surface area contributed by atoms with Gasteiger partial charge in [0.05, 0.1) is 19.9 Å². The van der Waals surface area contributed by atoms with Crippen LogP contribution in [0.1, 0.15) is 18.9 Å². The number of methoxy groups -OCH3 is 1. The fourth-order valence-electron chi connectivity index (χ4n) is 1.99. The maximum atomic E-state index is 11.8. The van der Waals surface area contributed by atoms with E-state index in [0.29, 0.717) is 23.9 Å². The number of hydrazone groups is 1. The van der Waals surface area contributed by atoms with Gasteiger partial charge in [-0.05, 0) is 54.4 Å². The first-order chi connectivity index (χ1) is 12.6. The summed E-state index contributed by atoms with van der Waals surface area (Å²) in [4.78, 5) is 11.8. The molecule has 0 aliphatic rings. The molecule has 138 valence electrons. The molecule has 0 fully saturated rings. The van der Waals surface area contributed by atoms with Crippen LogP contribution in [0.3, 0.4) is 0 Å². The van der Waals surface area contributed by atoms with Crippen molar-refractivity contribution in [2.24, 2.45) is 5.10 Å². The van der Waals surface area contributed by atoms with E-state index in [2.05, 4.69) is 26.5 Å². The molecule has 0 saturated heterocycles. The van der Waals surface area contributed by atoms with Gasteiger partial charge in [-0.3, -0.25) is 4.79 Å². The Labute approximate surface area is 161 Å². The van der Waals surface area contributed by atoms with Crippen molar-refractivity contribution in [3.05, 3.63) is 52.5 Å². The van der Waals surface area contributed by atoms with Gasteiger partial charge in [-0.1, -0.05) is 22.9 Å². The molecule has 0 aliphatic carbocycles. The summed E-state index contributed by atoms with van der Waals surface area (Å²) < 4.78 is 17.2. The highest BCUT2D eigenvalue weighted by Crippen LogP contribution is 2.27. The van der Waals surface area contributed by atoms with Crippen LogP contribution in [0.15, 0.2) is 52.0 Å². The second kappa shape index (κ2) is 10.5. The van der Waals surface area contributed by atoms with E-state index in [1.807, 2.05) is 31.2 Å². The maximum absolute atomic E-state index is 11.8. The van der Waals surface area contributed by atoms with Gasteiger partial charge in [0.15, 0.2) is 18.1 Å². The molecule has 0 heterocycles. The molecule has 2 rings (SSSR count). The quantitative estimate of drug-likeness (QED) is 0.494. The first kappa shape index (κ1) is 19.8. The molecule has 1 amide bonds. The van der Waals surface area contributed by atoms with Crippen LogP contribution in [0.2, 0.25) is 0 Å². The topological polar surface area (TPSA) is 69.2 Å². The molecule has 2 aromatic carbocycles. The monoisotopic (exact) mass is 420 g/mol. The van der Waals surface area contributed by atoms with Crippen LogP contribution in [-0.2, 0) is 4.79 Å². The first-order valence-corrected chi connectivity index (χ1v) is 8.92. The summed E-state index contributed by atoms with van der Waals surface area (Å²) in [6, 6.07) is 12.7. The molecule has 6 nitrogen and oxygen atoms in total. The average molecular weight is 421 g/mol. The molecule has 0 unspecified atom stereocenters. The van der Waals surface area contributed by atoms with Gasteiger partial charge in [0.1, 0.15) is 5.75 Å². The minimum Gasteiger partial charge on any atom is -0.493 e. The van der Waals surface area contributed by atoms with Crippen LogP contribution in [-0.4, -0.2) is 32.4 Å².